The molecule has 1 aromatic rings. The van der Waals surface area contributed by atoms with Gasteiger partial charge in [0.05, 0.1) is 18.3 Å². The number of rotatable bonds is 5. The lowest BCUT2D eigenvalue weighted by atomic mass is 10.1. The van der Waals surface area contributed by atoms with Gasteiger partial charge in [0.25, 0.3) is 5.91 Å². The molecule has 1 aromatic heterocycles. The largest absolute Gasteiger partial charge is 0.482 e. The van der Waals surface area contributed by atoms with Crippen LogP contribution in [0.3, 0.4) is 0 Å². The van der Waals surface area contributed by atoms with E-state index in [1.165, 1.54) is 6.20 Å². The number of hydrogen-bond donors (Lipinski definition) is 4. The van der Waals surface area contributed by atoms with Gasteiger partial charge in [-0.2, -0.15) is 0 Å². The van der Waals surface area contributed by atoms with Crippen LogP contribution in [0.4, 0.5) is 0 Å². The van der Waals surface area contributed by atoms with Crippen molar-refractivity contribution in [1.29, 1.82) is 0 Å². The first kappa shape index (κ1) is 16.2. The Balaban J connectivity index is 1.82. The van der Waals surface area contributed by atoms with Gasteiger partial charge in [0.2, 0.25) is 0 Å². The van der Waals surface area contributed by atoms with Gasteiger partial charge in [-0.05, 0) is 28.4 Å². The second-order valence-corrected chi connectivity index (χ2v) is 5.88. The molecule has 1 saturated carbocycles. The second-order valence-electron chi connectivity index (χ2n) is 4.96. The molecular weight excluding hydrogens is 344 g/mol. The Morgan fingerprint density at radius 3 is 2.81 bits per heavy atom. The number of carbonyl (C=O) groups is 1. The van der Waals surface area contributed by atoms with Crippen molar-refractivity contribution in [3.63, 3.8) is 0 Å². The molecule has 1 heterocycles. The highest BCUT2D eigenvalue weighted by molar-refractivity contribution is 9.10. The Morgan fingerprint density at radius 1 is 1.43 bits per heavy atom. The summed E-state index contributed by atoms with van der Waals surface area (Å²) >= 11 is 3.24. The third-order valence-corrected chi connectivity index (χ3v) is 3.87. The summed E-state index contributed by atoms with van der Waals surface area (Å²) in [5, 5.41) is 31.1. The van der Waals surface area contributed by atoms with Crippen molar-refractivity contribution in [2.24, 2.45) is 5.92 Å². The van der Waals surface area contributed by atoms with E-state index in [4.69, 9.17) is 9.84 Å². The molecule has 0 radical (unpaired) electrons. The molecule has 1 amide bonds. The van der Waals surface area contributed by atoms with E-state index in [9.17, 15) is 15.0 Å². The van der Waals surface area contributed by atoms with E-state index in [0.29, 0.717) is 12.2 Å². The number of aromatic nitrogens is 1. The minimum atomic E-state index is -1.08. The summed E-state index contributed by atoms with van der Waals surface area (Å²) in [4.78, 5) is 15.7. The average molecular weight is 361 g/mol. The molecule has 1 aliphatic carbocycles. The molecule has 7 nitrogen and oxygen atoms in total. The molecule has 0 unspecified atom stereocenters. The van der Waals surface area contributed by atoms with E-state index in [1.54, 1.807) is 12.3 Å². The number of pyridine rings is 1. The van der Waals surface area contributed by atoms with E-state index >= 15 is 0 Å². The summed E-state index contributed by atoms with van der Waals surface area (Å²) in [6.45, 7) is -0.452. The van der Waals surface area contributed by atoms with Crippen LogP contribution in [0.25, 0.3) is 0 Å². The minimum absolute atomic E-state index is 0.221. The lowest BCUT2D eigenvalue weighted by Gasteiger charge is -2.18. The molecule has 116 valence electrons. The monoisotopic (exact) mass is 360 g/mol. The smallest absolute Gasteiger partial charge is 0.258 e. The quantitative estimate of drug-likeness (QED) is 0.560. The third-order valence-electron chi connectivity index (χ3n) is 3.43. The number of amides is 1. The number of nitrogens with one attached hydrogen (secondary N) is 1. The second kappa shape index (κ2) is 7.17. The summed E-state index contributed by atoms with van der Waals surface area (Å²) in [5.74, 6) is -0.398. The topological polar surface area (TPSA) is 112 Å². The molecular formula is C13H17BrN2O5. The number of ether oxygens (including phenoxy) is 1. The number of hydrogen-bond acceptors (Lipinski definition) is 6. The first-order chi connectivity index (χ1) is 10.0. The number of carbonyl (C=O) groups excluding carboxylic acids is 1. The standard InChI is InChI=1S/C13H17BrN2O5/c14-8-2-9(4-15-3-8)21-6-11(18)16-10-1-7(5-17)12(19)13(10)20/h2-4,7,10,12-13,17,19-20H,1,5-6H2,(H,16,18)/t7-,10-,12-,13+/m0/s1. The Kier molecular flexibility index (Phi) is 5.51. The predicted octanol–water partition coefficient (Wildman–Crippen LogP) is -0.558. The van der Waals surface area contributed by atoms with Crippen LogP contribution in [0.1, 0.15) is 6.42 Å². The van der Waals surface area contributed by atoms with Crippen LogP contribution in [-0.2, 0) is 4.79 Å². The van der Waals surface area contributed by atoms with E-state index in [-0.39, 0.29) is 13.2 Å². The van der Waals surface area contributed by atoms with Crippen molar-refractivity contribution >= 4 is 21.8 Å². The molecule has 0 bridgehead atoms. The van der Waals surface area contributed by atoms with Gasteiger partial charge in [0.1, 0.15) is 11.9 Å². The van der Waals surface area contributed by atoms with E-state index < -0.39 is 30.1 Å². The zero-order valence-corrected chi connectivity index (χ0v) is 12.7. The van der Waals surface area contributed by atoms with Gasteiger partial charge in [-0.25, -0.2) is 0 Å². The normalized spacial score (nSPS) is 28.4. The lowest BCUT2D eigenvalue weighted by Crippen LogP contribution is -2.44. The van der Waals surface area contributed by atoms with Gasteiger partial charge < -0.3 is 25.4 Å². The molecule has 21 heavy (non-hydrogen) atoms. The number of aliphatic hydroxyl groups excluding tert-OH is 3. The summed E-state index contributed by atoms with van der Waals surface area (Å²) < 4.78 is 6.01. The maximum absolute atomic E-state index is 11.8. The Morgan fingerprint density at radius 2 is 2.19 bits per heavy atom. The Labute approximate surface area is 130 Å². The highest BCUT2D eigenvalue weighted by Gasteiger charge is 2.41. The van der Waals surface area contributed by atoms with Crippen LogP contribution in [0.2, 0.25) is 0 Å². The molecule has 0 aromatic carbocycles. The van der Waals surface area contributed by atoms with Crippen molar-refractivity contribution in [3.05, 3.63) is 22.9 Å². The fourth-order valence-electron chi connectivity index (χ4n) is 2.32. The lowest BCUT2D eigenvalue weighted by molar-refractivity contribution is -0.124. The number of nitrogens with zero attached hydrogens (tertiary/aromatic N) is 1. The summed E-state index contributed by atoms with van der Waals surface area (Å²) in [6.07, 6.45) is 1.28. The summed E-state index contributed by atoms with van der Waals surface area (Å²) in [6, 6.07) is 1.09. The molecule has 0 aliphatic heterocycles. The minimum Gasteiger partial charge on any atom is -0.482 e. The van der Waals surface area contributed by atoms with Gasteiger partial charge in [0.15, 0.2) is 6.61 Å². The van der Waals surface area contributed by atoms with Crippen LogP contribution >= 0.6 is 15.9 Å². The van der Waals surface area contributed by atoms with Gasteiger partial charge in [-0.15, -0.1) is 0 Å². The summed E-state index contributed by atoms with van der Waals surface area (Å²) in [7, 11) is 0. The van der Waals surface area contributed by atoms with Crippen molar-refractivity contribution in [2.45, 2.75) is 24.7 Å². The van der Waals surface area contributed by atoms with Crippen LogP contribution < -0.4 is 10.1 Å². The van der Waals surface area contributed by atoms with Crippen molar-refractivity contribution in [1.82, 2.24) is 10.3 Å². The highest BCUT2D eigenvalue weighted by Crippen LogP contribution is 2.26. The van der Waals surface area contributed by atoms with Crippen LogP contribution in [0, 0.1) is 5.92 Å². The third kappa shape index (κ3) is 4.13. The van der Waals surface area contributed by atoms with E-state index in [2.05, 4.69) is 26.2 Å². The van der Waals surface area contributed by atoms with Gasteiger partial charge in [-0.1, -0.05) is 0 Å². The van der Waals surface area contributed by atoms with Crippen LogP contribution in [0.15, 0.2) is 22.9 Å². The predicted molar refractivity (Wildman–Crippen MR) is 76.6 cm³/mol. The van der Waals surface area contributed by atoms with Crippen LogP contribution in [-0.4, -0.2) is 57.7 Å². The van der Waals surface area contributed by atoms with Gasteiger partial charge >= 0.3 is 0 Å². The fourth-order valence-corrected chi connectivity index (χ4v) is 2.66. The maximum Gasteiger partial charge on any atom is 0.258 e. The van der Waals surface area contributed by atoms with Gasteiger partial charge in [-0.3, -0.25) is 9.78 Å². The molecule has 0 saturated heterocycles. The SMILES string of the molecule is O=C(COc1cncc(Br)c1)N[C@H]1C[C@@H](CO)[C@H](O)[C@@H]1O. The first-order valence-electron chi connectivity index (χ1n) is 6.51. The Hall–Kier alpha value is -1.22. The van der Waals surface area contributed by atoms with E-state index in [0.717, 1.165) is 4.47 Å². The zero-order chi connectivity index (χ0) is 15.4. The zero-order valence-electron chi connectivity index (χ0n) is 11.1. The molecule has 1 fully saturated rings. The van der Waals surface area contributed by atoms with Crippen molar-refractivity contribution < 1.29 is 24.9 Å². The first-order valence-corrected chi connectivity index (χ1v) is 7.30. The molecule has 2 rings (SSSR count). The highest BCUT2D eigenvalue weighted by atomic mass is 79.9. The average Bonchev–Trinajstić information content (AvgIpc) is 2.73. The molecule has 1 aliphatic rings. The molecule has 0 spiro atoms. The molecule has 8 heteroatoms. The Bertz CT molecular complexity index is 501. The maximum atomic E-state index is 11.8. The van der Waals surface area contributed by atoms with E-state index in [1.807, 2.05) is 0 Å². The molecule has 4 atom stereocenters. The van der Waals surface area contributed by atoms with Crippen molar-refractivity contribution in [3.8, 4) is 5.75 Å². The fraction of sp³-hybridized carbons (Fsp3) is 0.538. The van der Waals surface area contributed by atoms with Crippen molar-refractivity contribution in [2.75, 3.05) is 13.2 Å². The van der Waals surface area contributed by atoms with Gasteiger partial charge in [0, 0.05) is 23.2 Å². The molecule has 4 N–H and O–H groups in total. The number of halogens is 1. The van der Waals surface area contributed by atoms with Crippen LogP contribution in [0.5, 0.6) is 5.75 Å². The number of aliphatic hydroxyl groups is 3. The summed E-state index contributed by atoms with van der Waals surface area (Å²) in [5.41, 5.74) is 0.